The average molecular weight is 359 g/mol. The van der Waals surface area contributed by atoms with Crippen molar-refractivity contribution in [2.24, 2.45) is 0 Å². The summed E-state index contributed by atoms with van der Waals surface area (Å²) in [5.74, 6) is -0.138. The molecule has 1 heterocycles. The van der Waals surface area contributed by atoms with Crippen LogP contribution >= 0.6 is 0 Å². The van der Waals surface area contributed by atoms with Gasteiger partial charge in [-0.05, 0) is 36.6 Å². The fraction of sp³-hybridized carbons (Fsp3) is 0.217. The van der Waals surface area contributed by atoms with Gasteiger partial charge in [0.25, 0.3) is 5.91 Å². The number of anilines is 2. The number of carbonyl (C=O) groups is 1. The SMILES string of the molecule is CCc1ccccc1NC(=O)c1cncc(N(CC)Cc2ccccc2)c1. The van der Waals surface area contributed by atoms with Crippen LogP contribution in [0.3, 0.4) is 0 Å². The van der Waals surface area contributed by atoms with Gasteiger partial charge in [-0.2, -0.15) is 0 Å². The van der Waals surface area contributed by atoms with Gasteiger partial charge in [0.1, 0.15) is 0 Å². The van der Waals surface area contributed by atoms with Crippen LogP contribution in [0.1, 0.15) is 35.3 Å². The Kier molecular flexibility index (Phi) is 6.21. The first-order valence-electron chi connectivity index (χ1n) is 9.34. The molecule has 0 aliphatic rings. The summed E-state index contributed by atoms with van der Waals surface area (Å²) in [7, 11) is 0. The smallest absolute Gasteiger partial charge is 0.257 e. The van der Waals surface area contributed by atoms with Crippen molar-refractivity contribution in [3.63, 3.8) is 0 Å². The van der Waals surface area contributed by atoms with E-state index < -0.39 is 0 Å². The summed E-state index contributed by atoms with van der Waals surface area (Å²) in [6.45, 7) is 5.80. The molecule has 0 aliphatic heterocycles. The molecule has 0 radical (unpaired) electrons. The van der Waals surface area contributed by atoms with E-state index in [0.717, 1.165) is 36.4 Å². The highest BCUT2D eigenvalue weighted by molar-refractivity contribution is 6.05. The van der Waals surface area contributed by atoms with Gasteiger partial charge < -0.3 is 10.2 Å². The Morgan fingerprint density at radius 2 is 1.74 bits per heavy atom. The number of nitrogens with one attached hydrogen (secondary N) is 1. The molecule has 3 aromatic rings. The highest BCUT2D eigenvalue weighted by Crippen LogP contribution is 2.20. The van der Waals surface area contributed by atoms with E-state index in [0.29, 0.717) is 5.56 Å². The monoisotopic (exact) mass is 359 g/mol. The van der Waals surface area contributed by atoms with Crippen molar-refractivity contribution in [3.05, 3.63) is 89.7 Å². The molecule has 2 aromatic carbocycles. The Hall–Kier alpha value is -3.14. The molecule has 4 heteroatoms. The Balaban J connectivity index is 1.78. The van der Waals surface area contributed by atoms with E-state index in [-0.39, 0.29) is 5.91 Å². The first kappa shape index (κ1) is 18.6. The third kappa shape index (κ3) is 4.73. The molecule has 0 aliphatic carbocycles. The number of pyridine rings is 1. The molecule has 0 spiro atoms. The van der Waals surface area contributed by atoms with Gasteiger partial charge in [0.15, 0.2) is 0 Å². The van der Waals surface area contributed by atoms with Gasteiger partial charge in [-0.25, -0.2) is 0 Å². The first-order chi connectivity index (χ1) is 13.2. The second-order valence-electron chi connectivity index (χ2n) is 6.40. The molecule has 1 N–H and O–H groups in total. The second-order valence-corrected chi connectivity index (χ2v) is 6.40. The predicted molar refractivity (Wildman–Crippen MR) is 111 cm³/mol. The molecule has 138 valence electrons. The summed E-state index contributed by atoms with van der Waals surface area (Å²) in [4.78, 5) is 19.2. The molecule has 0 saturated heterocycles. The summed E-state index contributed by atoms with van der Waals surface area (Å²) in [6.07, 6.45) is 4.29. The molecule has 4 nitrogen and oxygen atoms in total. The van der Waals surface area contributed by atoms with E-state index in [1.165, 1.54) is 5.56 Å². The molecule has 3 rings (SSSR count). The largest absolute Gasteiger partial charge is 0.366 e. The molecule has 0 atom stereocenters. The minimum atomic E-state index is -0.138. The van der Waals surface area contributed by atoms with Gasteiger partial charge in [0.05, 0.1) is 17.4 Å². The zero-order chi connectivity index (χ0) is 19.1. The maximum atomic E-state index is 12.7. The minimum absolute atomic E-state index is 0.138. The van der Waals surface area contributed by atoms with Crippen molar-refractivity contribution in [1.29, 1.82) is 0 Å². The third-order valence-corrected chi connectivity index (χ3v) is 4.60. The summed E-state index contributed by atoms with van der Waals surface area (Å²) >= 11 is 0. The lowest BCUT2D eigenvalue weighted by Crippen LogP contribution is -2.23. The number of aromatic nitrogens is 1. The van der Waals surface area contributed by atoms with Crippen molar-refractivity contribution in [2.75, 3.05) is 16.8 Å². The summed E-state index contributed by atoms with van der Waals surface area (Å²) < 4.78 is 0. The van der Waals surface area contributed by atoms with E-state index in [2.05, 4.69) is 41.2 Å². The van der Waals surface area contributed by atoms with E-state index >= 15 is 0 Å². The highest BCUT2D eigenvalue weighted by atomic mass is 16.1. The van der Waals surface area contributed by atoms with Gasteiger partial charge in [-0.3, -0.25) is 9.78 Å². The van der Waals surface area contributed by atoms with Crippen molar-refractivity contribution in [1.82, 2.24) is 4.98 Å². The lowest BCUT2D eigenvalue weighted by molar-refractivity contribution is 0.102. The highest BCUT2D eigenvalue weighted by Gasteiger charge is 2.12. The Bertz CT molecular complexity index is 893. The number of hydrogen-bond donors (Lipinski definition) is 1. The van der Waals surface area contributed by atoms with Gasteiger partial charge in [0, 0.05) is 25.0 Å². The molecule has 27 heavy (non-hydrogen) atoms. The number of benzene rings is 2. The zero-order valence-electron chi connectivity index (χ0n) is 15.9. The number of amides is 1. The molecular weight excluding hydrogens is 334 g/mol. The fourth-order valence-electron chi connectivity index (χ4n) is 3.06. The minimum Gasteiger partial charge on any atom is -0.366 e. The standard InChI is InChI=1S/C23H25N3O/c1-3-19-12-8-9-13-22(19)25-23(27)20-14-21(16-24-15-20)26(4-2)17-18-10-6-5-7-11-18/h5-16H,3-4,17H2,1-2H3,(H,25,27). The van der Waals surface area contributed by atoms with Crippen LogP contribution in [0, 0.1) is 0 Å². The quantitative estimate of drug-likeness (QED) is 0.651. The van der Waals surface area contributed by atoms with Gasteiger partial charge in [-0.15, -0.1) is 0 Å². The molecule has 1 amide bonds. The fourth-order valence-corrected chi connectivity index (χ4v) is 3.06. The van der Waals surface area contributed by atoms with Crippen molar-refractivity contribution >= 4 is 17.3 Å². The maximum absolute atomic E-state index is 12.7. The van der Waals surface area contributed by atoms with Crippen LogP contribution in [0.4, 0.5) is 11.4 Å². The maximum Gasteiger partial charge on any atom is 0.257 e. The third-order valence-electron chi connectivity index (χ3n) is 4.60. The van der Waals surface area contributed by atoms with Gasteiger partial charge >= 0.3 is 0 Å². The molecule has 0 unspecified atom stereocenters. The van der Waals surface area contributed by atoms with E-state index in [9.17, 15) is 4.79 Å². The topological polar surface area (TPSA) is 45.2 Å². The van der Waals surface area contributed by atoms with Crippen LogP contribution in [0.5, 0.6) is 0 Å². The number of carbonyl (C=O) groups excluding carboxylic acids is 1. The number of para-hydroxylation sites is 1. The van der Waals surface area contributed by atoms with Gasteiger partial charge in [0.2, 0.25) is 0 Å². The van der Waals surface area contributed by atoms with E-state index in [1.54, 1.807) is 6.20 Å². The van der Waals surface area contributed by atoms with Crippen molar-refractivity contribution in [3.8, 4) is 0 Å². The van der Waals surface area contributed by atoms with Gasteiger partial charge in [-0.1, -0.05) is 55.5 Å². The number of hydrogen-bond acceptors (Lipinski definition) is 3. The molecule has 0 fully saturated rings. The summed E-state index contributed by atoms with van der Waals surface area (Å²) in [5.41, 5.74) is 4.70. The van der Waals surface area contributed by atoms with Crippen molar-refractivity contribution < 1.29 is 4.79 Å². The average Bonchev–Trinajstić information content (AvgIpc) is 2.73. The van der Waals surface area contributed by atoms with Crippen LogP contribution < -0.4 is 10.2 Å². The summed E-state index contributed by atoms with van der Waals surface area (Å²) in [5, 5.41) is 3.01. The molecule has 0 saturated carbocycles. The molecular formula is C23H25N3O. The lowest BCUT2D eigenvalue weighted by atomic mass is 10.1. The Morgan fingerprint density at radius 1 is 1.00 bits per heavy atom. The lowest BCUT2D eigenvalue weighted by Gasteiger charge is -2.23. The molecule has 0 bridgehead atoms. The van der Waals surface area contributed by atoms with E-state index in [1.807, 2.05) is 54.7 Å². The zero-order valence-corrected chi connectivity index (χ0v) is 15.9. The van der Waals surface area contributed by atoms with Crippen molar-refractivity contribution in [2.45, 2.75) is 26.8 Å². The van der Waals surface area contributed by atoms with E-state index in [4.69, 9.17) is 0 Å². The predicted octanol–water partition coefficient (Wildman–Crippen LogP) is 4.92. The normalized spacial score (nSPS) is 10.4. The molecule has 1 aromatic heterocycles. The van der Waals surface area contributed by atoms with Crippen LogP contribution in [0.2, 0.25) is 0 Å². The second kappa shape index (κ2) is 8.99. The Labute approximate surface area is 160 Å². The number of aryl methyl sites for hydroxylation is 1. The number of rotatable bonds is 7. The first-order valence-corrected chi connectivity index (χ1v) is 9.34. The van der Waals surface area contributed by atoms with Crippen LogP contribution in [-0.4, -0.2) is 17.4 Å². The summed E-state index contributed by atoms with van der Waals surface area (Å²) in [6, 6.07) is 20.1. The van der Waals surface area contributed by atoms with Crippen LogP contribution in [0.15, 0.2) is 73.1 Å². The number of nitrogens with zero attached hydrogens (tertiary/aromatic N) is 2. The Morgan fingerprint density at radius 3 is 2.48 bits per heavy atom. The van der Waals surface area contributed by atoms with Crippen LogP contribution in [-0.2, 0) is 13.0 Å². The van der Waals surface area contributed by atoms with Crippen LogP contribution in [0.25, 0.3) is 0 Å².